The molecule has 0 radical (unpaired) electrons. The second-order valence-electron chi connectivity index (χ2n) is 5.22. The second kappa shape index (κ2) is 6.74. The highest BCUT2D eigenvalue weighted by atomic mass is 32.2. The lowest BCUT2D eigenvalue weighted by molar-refractivity contribution is 0.00318. The summed E-state index contributed by atoms with van der Waals surface area (Å²) in [5.74, 6) is 0. The van der Waals surface area contributed by atoms with Crippen molar-refractivity contribution in [3.63, 3.8) is 0 Å². The minimum absolute atomic E-state index is 0.0107. The molecule has 1 aromatic carbocycles. The van der Waals surface area contributed by atoms with Crippen molar-refractivity contribution >= 4 is 15.7 Å². The summed E-state index contributed by atoms with van der Waals surface area (Å²) in [6.45, 7) is 2.95. The third-order valence-electron chi connectivity index (χ3n) is 3.72. The van der Waals surface area contributed by atoms with E-state index in [9.17, 15) is 8.42 Å². The van der Waals surface area contributed by atoms with Crippen molar-refractivity contribution in [1.29, 1.82) is 0 Å². The molecule has 0 amide bonds. The first-order valence-electron chi connectivity index (χ1n) is 7.04. The number of aliphatic hydroxyl groups is 1. The number of hydrogen-bond acceptors (Lipinski definition) is 5. The van der Waals surface area contributed by atoms with Gasteiger partial charge in [-0.05, 0) is 43.5 Å². The minimum Gasteiger partial charge on any atom is -0.399 e. The molecule has 0 bridgehead atoms. The Morgan fingerprint density at radius 1 is 1.38 bits per heavy atom. The molecule has 3 N–H and O–H groups in total. The highest BCUT2D eigenvalue weighted by Crippen LogP contribution is 2.24. The molecule has 1 aromatic rings. The lowest BCUT2D eigenvalue weighted by Crippen LogP contribution is -2.41. The number of nitrogen functional groups attached to an aromatic ring is 1. The van der Waals surface area contributed by atoms with Crippen LogP contribution in [0.4, 0.5) is 5.69 Å². The molecule has 1 heterocycles. The van der Waals surface area contributed by atoms with Gasteiger partial charge in [0.2, 0.25) is 10.0 Å². The molecule has 1 aliphatic heterocycles. The third-order valence-corrected chi connectivity index (χ3v) is 5.62. The highest BCUT2D eigenvalue weighted by molar-refractivity contribution is 7.89. The molecular weight excluding hydrogens is 292 g/mol. The maximum atomic E-state index is 12.6. The van der Waals surface area contributed by atoms with E-state index < -0.39 is 10.0 Å². The summed E-state index contributed by atoms with van der Waals surface area (Å²) in [6.07, 6.45) is 1.32. The Balaban J connectivity index is 2.06. The van der Waals surface area contributed by atoms with Gasteiger partial charge in [-0.3, -0.25) is 0 Å². The van der Waals surface area contributed by atoms with Crippen molar-refractivity contribution in [2.45, 2.75) is 30.8 Å². The number of aliphatic hydroxyl groups excluding tert-OH is 1. The van der Waals surface area contributed by atoms with E-state index in [4.69, 9.17) is 15.6 Å². The minimum atomic E-state index is -3.47. The number of piperidine rings is 1. The van der Waals surface area contributed by atoms with Gasteiger partial charge in [0, 0.05) is 18.8 Å². The number of benzene rings is 1. The fourth-order valence-corrected chi connectivity index (χ4v) is 3.97. The van der Waals surface area contributed by atoms with Crippen LogP contribution in [-0.4, -0.2) is 50.2 Å². The van der Waals surface area contributed by atoms with Crippen LogP contribution in [0.15, 0.2) is 23.1 Å². The van der Waals surface area contributed by atoms with Crippen molar-refractivity contribution in [3.8, 4) is 0 Å². The maximum Gasteiger partial charge on any atom is 0.243 e. The van der Waals surface area contributed by atoms with Crippen LogP contribution in [0.3, 0.4) is 0 Å². The molecule has 0 spiro atoms. The summed E-state index contributed by atoms with van der Waals surface area (Å²) >= 11 is 0. The average molecular weight is 314 g/mol. The number of nitrogens with two attached hydrogens (primary N) is 1. The predicted octanol–water partition coefficient (Wildman–Crippen LogP) is 0.739. The fourth-order valence-electron chi connectivity index (χ4n) is 2.42. The van der Waals surface area contributed by atoms with Crippen LogP contribution in [0, 0.1) is 6.92 Å². The second-order valence-corrected chi connectivity index (χ2v) is 7.15. The van der Waals surface area contributed by atoms with Gasteiger partial charge < -0.3 is 15.6 Å². The van der Waals surface area contributed by atoms with E-state index >= 15 is 0 Å². The molecular formula is C14H22N2O4S. The van der Waals surface area contributed by atoms with Gasteiger partial charge in [-0.25, -0.2) is 8.42 Å². The Morgan fingerprint density at radius 2 is 2.05 bits per heavy atom. The van der Waals surface area contributed by atoms with Gasteiger partial charge in [0.25, 0.3) is 0 Å². The van der Waals surface area contributed by atoms with E-state index in [1.54, 1.807) is 25.1 Å². The zero-order chi connectivity index (χ0) is 15.5. The molecule has 118 valence electrons. The molecule has 1 aliphatic rings. The largest absolute Gasteiger partial charge is 0.399 e. The number of ether oxygens (including phenoxy) is 1. The van der Waals surface area contributed by atoms with E-state index in [1.165, 1.54) is 4.31 Å². The summed E-state index contributed by atoms with van der Waals surface area (Å²) < 4.78 is 32.1. The van der Waals surface area contributed by atoms with Gasteiger partial charge in [-0.15, -0.1) is 0 Å². The van der Waals surface area contributed by atoms with Crippen LogP contribution in [0.25, 0.3) is 0 Å². The van der Waals surface area contributed by atoms with Gasteiger partial charge in [-0.1, -0.05) is 0 Å². The Kier molecular flexibility index (Phi) is 5.21. The van der Waals surface area contributed by atoms with Gasteiger partial charge in [0.1, 0.15) is 0 Å². The fraction of sp³-hybridized carbons (Fsp3) is 0.571. The smallest absolute Gasteiger partial charge is 0.243 e. The van der Waals surface area contributed by atoms with Gasteiger partial charge >= 0.3 is 0 Å². The van der Waals surface area contributed by atoms with Crippen LogP contribution < -0.4 is 5.73 Å². The van der Waals surface area contributed by atoms with Crippen molar-refractivity contribution in [1.82, 2.24) is 4.31 Å². The quantitative estimate of drug-likeness (QED) is 0.782. The van der Waals surface area contributed by atoms with Crippen LogP contribution >= 0.6 is 0 Å². The molecule has 0 atom stereocenters. The first-order valence-corrected chi connectivity index (χ1v) is 8.48. The van der Waals surface area contributed by atoms with Gasteiger partial charge in [0.05, 0.1) is 24.2 Å². The van der Waals surface area contributed by atoms with Crippen LogP contribution in [0.1, 0.15) is 18.4 Å². The highest BCUT2D eigenvalue weighted by Gasteiger charge is 2.29. The zero-order valence-electron chi connectivity index (χ0n) is 12.2. The van der Waals surface area contributed by atoms with Crippen LogP contribution in [-0.2, 0) is 14.8 Å². The van der Waals surface area contributed by atoms with Gasteiger partial charge in [0.15, 0.2) is 0 Å². The Labute approximate surface area is 125 Å². The van der Waals surface area contributed by atoms with E-state index in [0.29, 0.717) is 38.2 Å². The van der Waals surface area contributed by atoms with E-state index in [1.807, 2.05) is 0 Å². The van der Waals surface area contributed by atoms with Gasteiger partial charge in [-0.2, -0.15) is 4.31 Å². The Hall–Kier alpha value is -1.15. The first-order chi connectivity index (χ1) is 9.95. The molecule has 6 nitrogen and oxygen atoms in total. The summed E-state index contributed by atoms with van der Waals surface area (Å²) in [7, 11) is -3.47. The normalized spacial score (nSPS) is 18.0. The zero-order valence-corrected chi connectivity index (χ0v) is 13.0. The SMILES string of the molecule is Cc1cc(S(=O)(=O)N2CCC(OCCO)CC2)ccc1N. The van der Waals surface area contributed by atoms with Crippen molar-refractivity contribution < 1.29 is 18.3 Å². The molecule has 21 heavy (non-hydrogen) atoms. The maximum absolute atomic E-state index is 12.6. The summed E-state index contributed by atoms with van der Waals surface area (Å²) in [6, 6.07) is 4.78. The predicted molar refractivity (Wildman–Crippen MR) is 80.4 cm³/mol. The number of aryl methyl sites for hydroxylation is 1. The number of hydrogen-bond donors (Lipinski definition) is 2. The molecule has 0 aromatic heterocycles. The summed E-state index contributed by atoms with van der Waals surface area (Å²) in [5, 5.41) is 8.73. The molecule has 0 aliphatic carbocycles. The van der Waals surface area contributed by atoms with E-state index in [-0.39, 0.29) is 17.6 Å². The average Bonchev–Trinajstić information content (AvgIpc) is 2.48. The number of rotatable bonds is 5. The van der Waals surface area contributed by atoms with E-state index in [2.05, 4.69) is 0 Å². The van der Waals surface area contributed by atoms with Crippen LogP contribution in [0.2, 0.25) is 0 Å². The molecule has 0 saturated carbocycles. The van der Waals surface area contributed by atoms with E-state index in [0.717, 1.165) is 5.56 Å². The standard InChI is InChI=1S/C14H22N2O4S/c1-11-10-13(2-3-14(11)15)21(18,19)16-6-4-12(5-7-16)20-9-8-17/h2-3,10,12,17H,4-9,15H2,1H3. The number of nitrogens with zero attached hydrogens (tertiary/aromatic N) is 1. The number of anilines is 1. The van der Waals surface area contributed by atoms with Crippen molar-refractivity contribution in [2.75, 3.05) is 32.0 Å². The summed E-state index contributed by atoms with van der Waals surface area (Å²) in [5.41, 5.74) is 7.08. The topological polar surface area (TPSA) is 92.9 Å². The Bertz CT molecular complexity index is 581. The third kappa shape index (κ3) is 3.74. The van der Waals surface area contributed by atoms with Crippen molar-refractivity contribution in [3.05, 3.63) is 23.8 Å². The Morgan fingerprint density at radius 3 is 2.62 bits per heavy atom. The number of sulfonamides is 1. The molecule has 2 rings (SSSR count). The van der Waals surface area contributed by atoms with Crippen LogP contribution in [0.5, 0.6) is 0 Å². The summed E-state index contributed by atoms with van der Waals surface area (Å²) in [4.78, 5) is 0.281. The lowest BCUT2D eigenvalue weighted by atomic mass is 10.1. The first kappa shape index (κ1) is 16.2. The molecule has 1 saturated heterocycles. The molecule has 0 unspecified atom stereocenters. The monoisotopic (exact) mass is 314 g/mol. The lowest BCUT2D eigenvalue weighted by Gasteiger charge is -2.31. The molecule has 1 fully saturated rings. The molecule has 7 heteroatoms. The van der Waals surface area contributed by atoms with Crippen molar-refractivity contribution in [2.24, 2.45) is 0 Å².